The lowest BCUT2D eigenvalue weighted by Gasteiger charge is -2.20. The minimum Gasteiger partial charge on any atom is -0.383 e. The predicted molar refractivity (Wildman–Crippen MR) is 62.5 cm³/mol. The largest absolute Gasteiger partial charge is 0.383 e. The number of hydrogen-bond donors (Lipinski definition) is 1. The maximum absolute atomic E-state index is 6.06. The van der Waals surface area contributed by atoms with Gasteiger partial charge in [-0.25, -0.2) is 0 Å². The number of rotatable bonds is 6. The highest BCUT2D eigenvalue weighted by Gasteiger charge is 2.21. The van der Waals surface area contributed by atoms with Gasteiger partial charge in [0.15, 0.2) is 0 Å². The maximum atomic E-state index is 6.06. The van der Waals surface area contributed by atoms with Crippen molar-refractivity contribution in [2.24, 2.45) is 5.73 Å². The number of hydrogen-bond acceptors (Lipinski definition) is 4. The van der Waals surface area contributed by atoms with Crippen LogP contribution in [-0.2, 0) is 16.0 Å². The molecule has 2 unspecified atom stereocenters. The minimum atomic E-state index is -0.295. The van der Waals surface area contributed by atoms with Crippen molar-refractivity contribution in [1.82, 2.24) is 9.78 Å². The molecule has 6 heteroatoms. The summed E-state index contributed by atoms with van der Waals surface area (Å²) in [6.07, 6.45) is 1.48. The van der Waals surface area contributed by atoms with Crippen LogP contribution in [0.4, 0.5) is 0 Å². The molecule has 92 valence electrons. The SMILES string of the molecule is COCCn1ncc(Cl)c1C(N)C(C)OC. The van der Waals surface area contributed by atoms with Crippen molar-refractivity contribution in [3.63, 3.8) is 0 Å². The smallest absolute Gasteiger partial charge is 0.0835 e. The van der Waals surface area contributed by atoms with E-state index < -0.39 is 0 Å². The average molecular weight is 248 g/mol. The summed E-state index contributed by atoms with van der Waals surface area (Å²) in [5.41, 5.74) is 6.84. The average Bonchev–Trinajstić information content (AvgIpc) is 2.65. The molecule has 1 heterocycles. The fourth-order valence-electron chi connectivity index (χ4n) is 1.43. The Bertz CT molecular complexity index is 330. The lowest BCUT2D eigenvalue weighted by molar-refractivity contribution is 0.0920. The highest BCUT2D eigenvalue weighted by molar-refractivity contribution is 6.31. The monoisotopic (exact) mass is 247 g/mol. The van der Waals surface area contributed by atoms with Gasteiger partial charge in [0.1, 0.15) is 0 Å². The van der Waals surface area contributed by atoms with Crippen molar-refractivity contribution >= 4 is 11.6 Å². The molecule has 0 radical (unpaired) electrons. The predicted octanol–water partition coefficient (Wildman–Crippen LogP) is 1.22. The van der Waals surface area contributed by atoms with E-state index in [-0.39, 0.29) is 12.1 Å². The van der Waals surface area contributed by atoms with Gasteiger partial charge in [0.05, 0.1) is 42.2 Å². The van der Waals surface area contributed by atoms with Crippen LogP contribution in [0.2, 0.25) is 5.02 Å². The Morgan fingerprint density at radius 2 is 2.25 bits per heavy atom. The minimum absolute atomic E-state index is 0.115. The summed E-state index contributed by atoms with van der Waals surface area (Å²) in [6.45, 7) is 3.09. The summed E-state index contributed by atoms with van der Waals surface area (Å²) in [6, 6.07) is -0.295. The molecule has 1 rings (SSSR count). The van der Waals surface area contributed by atoms with Crippen LogP contribution in [0.5, 0.6) is 0 Å². The second kappa shape index (κ2) is 6.20. The first kappa shape index (κ1) is 13.4. The van der Waals surface area contributed by atoms with Gasteiger partial charge in [-0.1, -0.05) is 11.6 Å². The summed E-state index contributed by atoms with van der Waals surface area (Å²) < 4.78 is 12.0. The highest BCUT2D eigenvalue weighted by Crippen LogP contribution is 2.24. The number of nitrogens with zero attached hydrogens (tertiary/aromatic N) is 2. The lowest BCUT2D eigenvalue weighted by Crippen LogP contribution is -2.28. The van der Waals surface area contributed by atoms with Gasteiger partial charge in [-0.3, -0.25) is 4.68 Å². The molecule has 0 aliphatic heterocycles. The summed E-state index contributed by atoms with van der Waals surface area (Å²) >= 11 is 6.06. The molecule has 0 saturated carbocycles. The van der Waals surface area contributed by atoms with Crippen molar-refractivity contribution in [2.75, 3.05) is 20.8 Å². The van der Waals surface area contributed by atoms with E-state index >= 15 is 0 Å². The van der Waals surface area contributed by atoms with E-state index in [0.717, 1.165) is 5.69 Å². The van der Waals surface area contributed by atoms with E-state index in [1.54, 1.807) is 25.1 Å². The van der Waals surface area contributed by atoms with Gasteiger partial charge in [0.25, 0.3) is 0 Å². The lowest BCUT2D eigenvalue weighted by atomic mass is 10.1. The van der Waals surface area contributed by atoms with Crippen molar-refractivity contribution in [2.45, 2.75) is 25.6 Å². The van der Waals surface area contributed by atoms with Gasteiger partial charge in [-0.15, -0.1) is 0 Å². The molecule has 2 N–H and O–H groups in total. The number of methoxy groups -OCH3 is 2. The van der Waals surface area contributed by atoms with Crippen LogP contribution in [0.1, 0.15) is 18.7 Å². The molecule has 0 aromatic carbocycles. The van der Waals surface area contributed by atoms with E-state index in [1.807, 2.05) is 6.92 Å². The fourth-order valence-corrected chi connectivity index (χ4v) is 1.70. The van der Waals surface area contributed by atoms with Gasteiger partial charge in [-0.05, 0) is 6.92 Å². The normalized spacial score (nSPS) is 15.1. The Morgan fingerprint density at radius 1 is 1.56 bits per heavy atom. The molecule has 1 aromatic heterocycles. The summed E-state index contributed by atoms with van der Waals surface area (Å²) in [7, 11) is 3.26. The molecule has 5 nitrogen and oxygen atoms in total. The van der Waals surface area contributed by atoms with E-state index in [0.29, 0.717) is 18.2 Å². The Labute approximate surface area is 100 Å². The first-order valence-corrected chi connectivity index (χ1v) is 5.48. The number of ether oxygens (including phenoxy) is 2. The second-order valence-electron chi connectivity index (χ2n) is 3.56. The number of nitrogens with two attached hydrogens (primary N) is 1. The van der Waals surface area contributed by atoms with Crippen LogP contribution in [0.3, 0.4) is 0 Å². The van der Waals surface area contributed by atoms with Gasteiger partial charge in [-0.2, -0.15) is 5.10 Å². The Kier molecular flexibility index (Phi) is 5.21. The molecule has 2 atom stereocenters. The van der Waals surface area contributed by atoms with Crippen molar-refractivity contribution in [3.8, 4) is 0 Å². The van der Waals surface area contributed by atoms with E-state index in [2.05, 4.69) is 5.10 Å². The quantitative estimate of drug-likeness (QED) is 0.821. The maximum Gasteiger partial charge on any atom is 0.0835 e. The van der Waals surface area contributed by atoms with Crippen molar-refractivity contribution < 1.29 is 9.47 Å². The highest BCUT2D eigenvalue weighted by atomic mass is 35.5. The third-order valence-corrected chi connectivity index (χ3v) is 2.82. The molecular formula is C10H18ClN3O2. The summed E-state index contributed by atoms with van der Waals surface area (Å²) in [4.78, 5) is 0. The molecule has 1 aromatic rings. The van der Waals surface area contributed by atoms with Crippen LogP contribution in [0, 0.1) is 0 Å². The van der Waals surface area contributed by atoms with E-state index in [4.69, 9.17) is 26.8 Å². The molecular weight excluding hydrogens is 230 g/mol. The van der Waals surface area contributed by atoms with Gasteiger partial charge >= 0.3 is 0 Å². The third-order valence-electron chi connectivity index (χ3n) is 2.53. The molecule has 0 fully saturated rings. The third kappa shape index (κ3) is 2.95. The molecule has 0 spiro atoms. The Balaban J connectivity index is 2.87. The van der Waals surface area contributed by atoms with Crippen LogP contribution >= 0.6 is 11.6 Å². The van der Waals surface area contributed by atoms with E-state index in [9.17, 15) is 0 Å². The van der Waals surface area contributed by atoms with E-state index in [1.165, 1.54) is 0 Å². The molecule has 16 heavy (non-hydrogen) atoms. The van der Waals surface area contributed by atoms with Crippen LogP contribution in [0.15, 0.2) is 6.20 Å². The fraction of sp³-hybridized carbons (Fsp3) is 0.700. The van der Waals surface area contributed by atoms with Crippen LogP contribution in [-0.4, -0.2) is 36.7 Å². The molecule has 0 bridgehead atoms. The molecule has 0 aliphatic carbocycles. The van der Waals surface area contributed by atoms with Gasteiger partial charge < -0.3 is 15.2 Å². The zero-order valence-electron chi connectivity index (χ0n) is 9.81. The first-order chi connectivity index (χ1) is 7.61. The van der Waals surface area contributed by atoms with Crippen LogP contribution < -0.4 is 5.73 Å². The van der Waals surface area contributed by atoms with Crippen molar-refractivity contribution in [1.29, 1.82) is 0 Å². The molecule has 0 aliphatic rings. The summed E-state index contributed by atoms with van der Waals surface area (Å²) in [5, 5.41) is 4.72. The molecule has 0 amide bonds. The van der Waals surface area contributed by atoms with Gasteiger partial charge in [0, 0.05) is 14.2 Å². The van der Waals surface area contributed by atoms with Crippen LogP contribution in [0.25, 0.3) is 0 Å². The zero-order valence-corrected chi connectivity index (χ0v) is 10.6. The van der Waals surface area contributed by atoms with Crippen molar-refractivity contribution in [3.05, 3.63) is 16.9 Å². The molecule has 0 saturated heterocycles. The topological polar surface area (TPSA) is 62.3 Å². The number of halogens is 1. The summed E-state index contributed by atoms with van der Waals surface area (Å²) in [5.74, 6) is 0. The van der Waals surface area contributed by atoms with Gasteiger partial charge in [0.2, 0.25) is 0 Å². The zero-order chi connectivity index (χ0) is 12.1. The Hall–Kier alpha value is -0.620. The Morgan fingerprint density at radius 3 is 2.81 bits per heavy atom. The second-order valence-corrected chi connectivity index (χ2v) is 3.97. The number of aromatic nitrogens is 2. The standard InChI is InChI=1S/C10H18ClN3O2/c1-7(16-3)9(12)10-8(11)6-13-14(10)4-5-15-2/h6-7,9H,4-5,12H2,1-3H3. The first-order valence-electron chi connectivity index (χ1n) is 5.10.